The summed E-state index contributed by atoms with van der Waals surface area (Å²) in [7, 11) is 0. The highest BCUT2D eigenvalue weighted by molar-refractivity contribution is 6.30. The Morgan fingerprint density at radius 1 is 1.41 bits per heavy atom. The minimum absolute atomic E-state index is 0.0995. The Balaban J connectivity index is 2.36. The van der Waals surface area contributed by atoms with E-state index in [1.54, 1.807) is 19.1 Å². The van der Waals surface area contributed by atoms with Gasteiger partial charge < -0.3 is 10.1 Å². The van der Waals surface area contributed by atoms with E-state index in [1.165, 1.54) is 0 Å². The molecule has 0 bridgehead atoms. The van der Waals surface area contributed by atoms with Gasteiger partial charge in [0, 0.05) is 23.1 Å². The molecule has 1 amide bonds. The number of nitrogens with one attached hydrogen (secondary N) is 1. The minimum atomic E-state index is -0.369. The Morgan fingerprint density at radius 2 is 2.05 bits per heavy atom. The van der Waals surface area contributed by atoms with Crippen LogP contribution in [-0.4, -0.2) is 18.0 Å². The first-order valence-corrected chi connectivity index (χ1v) is 7.77. The van der Waals surface area contributed by atoms with E-state index in [9.17, 15) is 9.59 Å². The van der Waals surface area contributed by atoms with E-state index in [1.807, 2.05) is 26.0 Å². The molecule has 2 rings (SSSR count). The van der Waals surface area contributed by atoms with Gasteiger partial charge in [0.15, 0.2) is 0 Å². The van der Waals surface area contributed by atoms with E-state index >= 15 is 0 Å². The molecule has 118 valence electrons. The largest absolute Gasteiger partial charge is 0.459 e. The number of hydrogen-bond acceptors (Lipinski definition) is 3. The Bertz CT molecular complexity index is 607. The van der Waals surface area contributed by atoms with E-state index in [-0.39, 0.29) is 30.3 Å². The number of esters is 1. The average Bonchev–Trinajstić information content (AvgIpc) is 2.46. The van der Waals surface area contributed by atoms with E-state index in [0.717, 1.165) is 12.0 Å². The number of allylic oxidation sites excluding steroid dienone is 1. The van der Waals surface area contributed by atoms with Crippen LogP contribution in [0.15, 0.2) is 35.5 Å². The zero-order valence-electron chi connectivity index (χ0n) is 13.0. The molecule has 0 radical (unpaired) electrons. The fourth-order valence-corrected chi connectivity index (χ4v) is 2.61. The molecule has 1 aliphatic rings. The van der Waals surface area contributed by atoms with Crippen LogP contribution in [0.25, 0.3) is 0 Å². The number of halogens is 1. The van der Waals surface area contributed by atoms with Crippen LogP contribution < -0.4 is 5.32 Å². The third-order valence-electron chi connectivity index (χ3n) is 3.84. The van der Waals surface area contributed by atoms with E-state index in [2.05, 4.69) is 5.32 Å². The molecular formula is C17H20ClNO3. The van der Waals surface area contributed by atoms with Gasteiger partial charge in [0.1, 0.15) is 0 Å². The normalized spacial score (nSPS) is 19.6. The lowest BCUT2D eigenvalue weighted by Crippen LogP contribution is -2.34. The summed E-state index contributed by atoms with van der Waals surface area (Å²) in [6, 6.07) is 7.21. The highest BCUT2D eigenvalue weighted by Crippen LogP contribution is 2.34. The molecule has 0 aromatic heterocycles. The Morgan fingerprint density at radius 3 is 2.64 bits per heavy atom. The van der Waals surface area contributed by atoms with Gasteiger partial charge in [0.25, 0.3) is 0 Å². The maximum Gasteiger partial charge on any atom is 0.336 e. The van der Waals surface area contributed by atoms with Crippen molar-refractivity contribution in [2.24, 2.45) is 0 Å². The lowest BCUT2D eigenvalue weighted by atomic mass is 9.84. The molecule has 0 saturated heterocycles. The molecule has 0 fully saturated rings. The van der Waals surface area contributed by atoms with Crippen molar-refractivity contribution < 1.29 is 14.3 Å². The quantitative estimate of drug-likeness (QED) is 0.863. The number of benzene rings is 1. The van der Waals surface area contributed by atoms with E-state index in [0.29, 0.717) is 16.3 Å². The summed E-state index contributed by atoms with van der Waals surface area (Å²) in [4.78, 5) is 24.3. The molecule has 0 saturated carbocycles. The van der Waals surface area contributed by atoms with Crippen molar-refractivity contribution in [1.29, 1.82) is 0 Å². The number of carbonyl (C=O) groups is 2. The van der Waals surface area contributed by atoms with Gasteiger partial charge in [-0.25, -0.2) is 4.79 Å². The molecule has 1 aromatic rings. The first-order valence-electron chi connectivity index (χ1n) is 7.39. The van der Waals surface area contributed by atoms with Crippen LogP contribution in [0.1, 0.15) is 45.1 Å². The molecular weight excluding hydrogens is 302 g/mol. The molecule has 5 heteroatoms. The first kappa shape index (κ1) is 16.6. The van der Waals surface area contributed by atoms with Gasteiger partial charge in [-0.2, -0.15) is 0 Å². The van der Waals surface area contributed by atoms with Crippen LogP contribution in [0.4, 0.5) is 0 Å². The molecule has 1 aromatic carbocycles. The number of amides is 1. The van der Waals surface area contributed by atoms with Crippen LogP contribution in [0.5, 0.6) is 0 Å². The van der Waals surface area contributed by atoms with Crippen molar-refractivity contribution in [3.05, 3.63) is 46.1 Å². The molecule has 1 aliphatic heterocycles. The van der Waals surface area contributed by atoms with E-state index in [4.69, 9.17) is 16.3 Å². The molecule has 4 nitrogen and oxygen atoms in total. The van der Waals surface area contributed by atoms with Gasteiger partial charge >= 0.3 is 5.97 Å². The number of ether oxygens (including phenoxy) is 1. The van der Waals surface area contributed by atoms with Crippen LogP contribution in [0.3, 0.4) is 0 Å². The van der Waals surface area contributed by atoms with Crippen LogP contribution in [-0.2, 0) is 14.3 Å². The third-order valence-corrected chi connectivity index (χ3v) is 4.10. The maximum absolute atomic E-state index is 12.5. The predicted octanol–water partition coefficient (Wildman–Crippen LogP) is 3.56. The third kappa shape index (κ3) is 3.69. The second kappa shape index (κ2) is 6.97. The van der Waals surface area contributed by atoms with Crippen molar-refractivity contribution in [2.75, 3.05) is 0 Å². The van der Waals surface area contributed by atoms with Gasteiger partial charge in [0.05, 0.1) is 11.7 Å². The van der Waals surface area contributed by atoms with Gasteiger partial charge in [-0.15, -0.1) is 0 Å². The first-order chi connectivity index (χ1) is 10.4. The van der Waals surface area contributed by atoms with Gasteiger partial charge in [0.2, 0.25) is 5.91 Å². The molecule has 2 atom stereocenters. The van der Waals surface area contributed by atoms with Crippen molar-refractivity contribution in [3.63, 3.8) is 0 Å². The molecule has 1 heterocycles. The fraction of sp³-hybridized carbons (Fsp3) is 0.412. The summed E-state index contributed by atoms with van der Waals surface area (Å²) in [5.41, 5.74) is 1.96. The van der Waals surface area contributed by atoms with Crippen molar-refractivity contribution in [3.8, 4) is 0 Å². The van der Waals surface area contributed by atoms with Crippen molar-refractivity contribution in [1.82, 2.24) is 5.32 Å². The minimum Gasteiger partial charge on any atom is -0.459 e. The Labute approximate surface area is 135 Å². The SMILES string of the molecule is CC[C@@H](C)OC(=O)C1=C(C)NC(=O)C[C@H]1c1ccc(Cl)cc1. The summed E-state index contributed by atoms with van der Waals surface area (Å²) in [6.45, 7) is 5.54. The second-order valence-electron chi connectivity index (χ2n) is 5.52. The smallest absolute Gasteiger partial charge is 0.336 e. The summed E-state index contributed by atoms with van der Waals surface area (Å²) in [6.07, 6.45) is 0.816. The molecule has 0 aliphatic carbocycles. The summed E-state index contributed by atoms with van der Waals surface area (Å²) >= 11 is 5.91. The Hall–Kier alpha value is -1.81. The molecule has 1 N–H and O–H groups in total. The average molecular weight is 322 g/mol. The molecule has 0 spiro atoms. The van der Waals surface area contributed by atoms with Gasteiger partial charge in [-0.3, -0.25) is 4.79 Å². The Kier molecular flexibility index (Phi) is 5.24. The van der Waals surface area contributed by atoms with Gasteiger partial charge in [-0.1, -0.05) is 30.7 Å². The van der Waals surface area contributed by atoms with Crippen LogP contribution >= 0.6 is 11.6 Å². The predicted molar refractivity (Wildman–Crippen MR) is 85.5 cm³/mol. The summed E-state index contributed by atoms with van der Waals surface area (Å²) < 4.78 is 5.45. The second-order valence-corrected chi connectivity index (χ2v) is 5.96. The number of carbonyl (C=O) groups excluding carboxylic acids is 2. The molecule has 0 unspecified atom stereocenters. The van der Waals surface area contributed by atoms with Crippen LogP contribution in [0.2, 0.25) is 5.02 Å². The lowest BCUT2D eigenvalue weighted by Gasteiger charge is -2.27. The van der Waals surface area contributed by atoms with Crippen molar-refractivity contribution >= 4 is 23.5 Å². The maximum atomic E-state index is 12.5. The highest BCUT2D eigenvalue weighted by Gasteiger charge is 2.33. The van der Waals surface area contributed by atoms with Crippen LogP contribution in [0, 0.1) is 0 Å². The number of rotatable bonds is 4. The zero-order chi connectivity index (χ0) is 16.3. The van der Waals surface area contributed by atoms with Crippen molar-refractivity contribution in [2.45, 2.75) is 45.6 Å². The van der Waals surface area contributed by atoms with Gasteiger partial charge in [-0.05, 0) is 38.0 Å². The fourth-order valence-electron chi connectivity index (χ4n) is 2.48. The standard InChI is InChI=1S/C17H20ClNO3/c1-4-10(2)22-17(21)16-11(3)19-15(20)9-14(16)12-5-7-13(18)8-6-12/h5-8,10,14H,4,9H2,1-3H3,(H,19,20)/t10-,14+/m1/s1. The molecule has 22 heavy (non-hydrogen) atoms. The number of hydrogen-bond donors (Lipinski definition) is 1. The van der Waals surface area contributed by atoms with E-state index < -0.39 is 0 Å². The summed E-state index contributed by atoms with van der Waals surface area (Å²) in [5.74, 6) is -0.771. The zero-order valence-corrected chi connectivity index (χ0v) is 13.7. The topological polar surface area (TPSA) is 55.4 Å². The highest BCUT2D eigenvalue weighted by atomic mass is 35.5. The monoisotopic (exact) mass is 321 g/mol. The summed E-state index contributed by atoms with van der Waals surface area (Å²) in [5, 5.41) is 3.35. The lowest BCUT2D eigenvalue weighted by molar-refractivity contribution is -0.144.